The van der Waals surface area contributed by atoms with E-state index in [2.05, 4.69) is 0 Å². The van der Waals surface area contributed by atoms with E-state index in [0.717, 1.165) is 6.42 Å². The van der Waals surface area contributed by atoms with E-state index in [1.54, 1.807) is 24.3 Å². The highest BCUT2D eigenvalue weighted by atomic mass is 35.5. The van der Waals surface area contributed by atoms with Crippen molar-refractivity contribution in [2.24, 2.45) is 11.7 Å². The molecule has 0 bridgehead atoms. The molecular weight excluding hydrogens is 258 g/mol. The van der Waals surface area contributed by atoms with Gasteiger partial charge in [-0.05, 0) is 43.0 Å². The molecule has 0 aliphatic heterocycles. The smallest absolute Gasteiger partial charge is 0.181 e. The van der Waals surface area contributed by atoms with Crippen molar-refractivity contribution in [3.8, 4) is 0 Å². The van der Waals surface area contributed by atoms with E-state index in [1.807, 2.05) is 6.92 Å². The summed E-state index contributed by atoms with van der Waals surface area (Å²) in [5.41, 5.74) is 5.88. The first kappa shape index (κ1) is 12.9. The molecule has 17 heavy (non-hydrogen) atoms. The van der Waals surface area contributed by atoms with E-state index < -0.39 is 9.84 Å². The maximum atomic E-state index is 12.4. The Morgan fingerprint density at radius 3 is 2.29 bits per heavy atom. The minimum Gasteiger partial charge on any atom is -0.327 e. The summed E-state index contributed by atoms with van der Waals surface area (Å²) < 4.78 is 24.8. The predicted octanol–water partition coefficient (Wildman–Crippen LogP) is 2.24. The van der Waals surface area contributed by atoms with Gasteiger partial charge in [0.15, 0.2) is 9.84 Å². The number of halogens is 1. The molecule has 0 spiro atoms. The molecule has 1 saturated carbocycles. The summed E-state index contributed by atoms with van der Waals surface area (Å²) in [6.07, 6.45) is 1.42. The van der Waals surface area contributed by atoms with Crippen LogP contribution >= 0.6 is 11.6 Å². The number of hydrogen-bond donors (Lipinski definition) is 1. The second kappa shape index (κ2) is 4.59. The van der Waals surface area contributed by atoms with Gasteiger partial charge in [-0.1, -0.05) is 18.5 Å². The molecule has 1 fully saturated rings. The maximum Gasteiger partial charge on any atom is 0.181 e. The number of sulfone groups is 1. The van der Waals surface area contributed by atoms with Gasteiger partial charge in [-0.2, -0.15) is 0 Å². The quantitative estimate of drug-likeness (QED) is 0.899. The van der Waals surface area contributed by atoms with Crippen molar-refractivity contribution in [3.63, 3.8) is 0 Å². The van der Waals surface area contributed by atoms with Crippen LogP contribution in [0.1, 0.15) is 19.8 Å². The van der Waals surface area contributed by atoms with Gasteiger partial charge in [0.1, 0.15) is 0 Å². The monoisotopic (exact) mass is 273 g/mol. The van der Waals surface area contributed by atoms with Crippen LogP contribution in [0.15, 0.2) is 29.2 Å². The molecule has 1 aromatic rings. The van der Waals surface area contributed by atoms with Gasteiger partial charge in [0.2, 0.25) is 0 Å². The first-order chi connectivity index (χ1) is 7.93. The lowest BCUT2D eigenvalue weighted by atomic mass is 10.1. The molecule has 3 nitrogen and oxygen atoms in total. The Morgan fingerprint density at radius 2 is 1.82 bits per heavy atom. The molecule has 1 aliphatic carbocycles. The van der Waals surface area contributed by atoms with E-state index >= 15 is 0 Å². The molecule has 5 heteroatoms. The van der Waals surface area contributed by atoms with Crippen molar-refractivity contribution in [2.45, 2.75) is 36.0 Å². The molecule has 2 N–H and O–H groups in total. The molecule has 0 saturated heterocycles. The Balaban J connectivity index is 2.34. The van der Waals surface area contributed by atoms with Gasteiger partial charge in [-0.15, -0.1) is 0 Å². The second-order valence-corrected chi connectivity index (χ2v) is 7.24. The van der Waals surface area contributed by atoms with Gasteiger partial charge < -0.3 is 5.73 Å². The van der Waals surface area contributed by atoms with Crippen LogP contribution in [0.2, 0.25) is 5.02 Å². The third kappa shape index (κ3) is 2.34. The van der Waals surface area contributed by atoms with Gasteiger partial charge in [0.25, 0.3) is 0 Å². The minimum atomic E-state index is -3.28. The van der Waals surface area contributed by atoms with Gasteiger partial charge in [0, 0.05) is 11.1 Å². The summed E-state index contributed by atoms with van der Waals surface area (Å²) >= 11 is 5.76. The lowest BCUT2D eigenvalue weighted by Gasteiger charge is -2.18. The van der Waals surface area contributed by atoms with Crippen molar-refractivity contribution in [3.05, 3.63) is 29.3 Å². The minimum absolute atomic E-state index is 0.00989. The third-order valence-corrected chi connectivity index (χ3v) is 6.23. The Kier molecular flexibility index (Phi) is 3.48. The fourth-order valence-corrected chi connectivity index (χ4v) is 4.60. The summed E-state index contributed by atoms with van der Waals surface area (Å²) in [5.74, 6) is 0.00989. The van der Waals surface area contributed by atoms with Crippen LogP contribution in [0.4, 0.5) is 0 Å². The predicted molar refractivity (Wildman–Crippen MR) is 68.8 cm³/mol. The molecule has 1 aliphatic rings. The van der Waals surface area contributed by atoms with E-state index in [0.29, 0.717) is 16.3 Å². The first-order valence-electron chi connectivity index (χ1n) is 5.68. The zero-order chi connectivity index (χ0) is 12.6. The number of nitrogens with two attached hydrogens (primary N) is 1. The van der Waals surface area contributed by atoms with E-state index in [9.17, 15) is 8.42 Å². The molecule has 3 atom stereocenters. The Hall–Kier alpha value is -0.580. The van der Waals surface area contributed by atoms with E-state index in [-0.39, 0.29) is 17.2 Å². The molecule has 0 amide bonds. The Labute approximate surface area is 107 Å². The highest BCUT2D eigenvalue weighted by Gasteiger charge is 2.39. The topological polar surface area (TPSA) is 60.2 Å². The van der Waals surface area contributed by atoms with Crippen LogP contribution in [-0.2, 0) is 9.84 Å². The van der Waals surface area contributed by atoms with Gasteiger partial charge in [-0.3, -0.25) is 0 Å². The lowest BCUT2D eigenvalue weighted by molar-refractivity contribution is 0.507. The number of hydrogen-bond acceptors (Lipinski definition) is 3. The molecule has 3 unspecified atom stereocenters. The van der Waals surface area contributed by atoms with Crippen LogP contribution in [-0.4, -0.2) is 19.7 Å². The van der Waals surface area contributed by atoms with Crippen molar-refractivity contribution in [1.82, 2.24) is 0 Å². The summed E-state index contributed by atoms with van der Waals surface area (Å²) in [5, 5.41) is 0.179. The zero-order valence-corrected chi connectivity index (χ0v) is 11.2. The lowest BCUT2D eigenvalue weighted by Crippen LogP contribution is -2.32. The van der Waals surface area contributed by atoms with Crippen molar-refractivity contribution in [2.75, 3.05) is 0 Å². The molecule has 94 valence electrons. The number of rotatable bonds is 2. The zero-order valence-electron chi connectivity index (χ0n) is 9.64. The van der Waals surface area contributed by atoms with Crippen LogP contribution in [0.5, 0.6) is 0 Å². The summed E-state index contributed by atoms with van der Waals surface area (Å²) in [4.78, 5) is 0.341. The highest BCUT2D eigenvalue weighted by Crippen LogP contribution is 2.33. The van der Waals surface area contributed by atoms with Gasteiger partial charge in [0.05, 0.1) is 10.1 Å². The second-order valence-electron chi connectivity index (χ2n) is 4.64. The SMILES string of the molecule is CC1C(N)CCC1S(=O)(=O)c1ccc(Cl)cc1. The Morgan fingerprint density at radius 1 is 1.24 bits per heavy atom. The van der Waals surface area contributed by atoms with Gasteiger partial charge >= 0.3 is 0 Å². The third-order valence-electron chi connectivity index (χ3n) is 3.59. The molecule has 2 rings (SSSR count). The highest BCUT2D eigenvalue weighted by molar-refractivity contribution is 7.92. The summed E-state index contributed by atoms with van der Waals surface area (Å²) in [6.45, 7) is 1.91. The largest absolute Gasteiger partial charge is 0.327 e. The summed E-state index contributed by atoms with van der Waals surface area (Å²) in [7, 11) is -3.28. The first-order valence-corrected chi connectivity index (χ1v) is 7.60. The van der Waals surface area contributed by atoms with Crippen molar-refractivity contribution < 1.29 is 8.42 Å². The normalized spacial score (nSPS) is 29.5. The standard InChI is InChI=1S/C12H16ClNO2S/c1-8-11(14)6-7-12(8)17(15,16)10-4-2-9(13)3-5-10/h2-5,8,11-12H,6-7,14H2,1H3. The van der Waals surface area contributed by atoms with E-state index in [1.165, 1.54) is 0 Å². The number of benzene rings is 1. The van der Waals surface area contributed by atoms with Gasteiger partial charge in [-0.25, -0.2) is 8.42 Å². The molecular formula is C12H16ClNO2S. The van der Waals surface area contributed by atoms with E-state index in [4.69, 9.17) is 17.3 Å². The van der Waals surface area contributed by atoms with Crippen LogP contribution < -0.4 is 5.73 Å². The summed E-state index contributed by atoms with van der Waals surface area (Å²) in [6, 6.07) is 6.33. The maximum absolute atomic E-state index is 12.4. The average molecular weight is 274 g/mol. The molecule has 0 radical (unpaired) electrons. The van der Waals surface area contributed by atoms with Crippen LogP contribution in [0.3, 0.4) is 0 Å². The Bertz CT molecular complexity index is 498. The van der Waals surface area contributed by atoms with Crippen LogP contribution in [0.25, 0.3) is 0 Å². The van der Waals surface area contributed by atoms with Crippen LogP contribution in [0, 0.1) is 5.92 Å². The van der Waals surface area contributed by atoms with Crippen molar-refractivity contribution in [1.29, 1.82) is 0 Å². The average Bonchev–Trinajstić information content (AvgIpc) is 2.61. The molecule has 0 aromatic heterocycles. The molecule has 1 aromatic carbocycles. The molecule has 0 heterocycles. The van der Waals surface area contributed by atoms with Crippen molar-refractivity contribution >= 4 is 21.4 Å². The fraction of sp³-hybridized carbons (Fsp3) is 0.500. The fourth-order valence-electron chi connectivity index (χ4n) is 2.40.